The Morgan fingerprint density at radius 3 is 1.86 bits per heavy atom. The molecule has 0 amide bonds. The highest BCUT2D eigenvalue weighted by Crippen LogP contribution is 2.28. The second-order valence-corrected chi connectivity index (χ2v) is 7.13. The summed E-state index contributed by atoms with van der Waals surface area (Å²) < 4.78 is 5.96. The SMILES string of the molecule is BrCC#Cc1ccccc1C#CCOCc1c2ccccc2cc2ccccc12. The van der Waals surface area contributed by atoms with Gasteiger partial charge in [0.05, 0.1) is 11.9 Å². The highest BCUT2D eigenvalue weighted by Gasteiger charge is 2.07. The number of alkyl halides is 1. The third-order valence-electron chi connectivity index (χ3n) is 4.74. The van der Waals surface area contributed by atoms with Crippen LogP contribution >= 0.6 is 15.9 Å². The van der Waals surface area contributed by atoms with Crippen LogP contribution in [0.5, 0.6) is 0 Å². The van der Waals surface area contributed by atoms with E-state index in [9.17, 15) is 0 Å². The predicted molar refractivity (Wildman–Crippen MR) is 125 cm³/mol. The summed E-state index contributed by atoms with van der Waals surface area (Å²) in [6, 6.07) is 27.1. The molecule has 0 bridgehead atoms. The van der Waals surface area contributed by atoms with Crippen LogP contribution in [0.3, 0.4) is 0 Å². The van der Waals surface area contributed by atoms with E-state index in [1.165, 1.54) is 27.1 Å². The molecule has 1 nitrogen and oxygen atoms in total. The van der Waals surface area contributed by atoms with Gasteiger partial charge in [-0.15, -0.1) is 0 Å². The molecule has 0 saturated heterocycles. The number of halogens is 1. The van der Waals surface area contributed by atoms with Crippen LogP contribution < -0.4 is 0 Å². The Kier molecular flexibility index (Phi) is 6.28. The van der Waals surface area contributed by atoms with Crippen molar-refractivity contribution in [2.75, 3.05) is 11.9 Å². The Balaban J connectivity index is 1.54. The Morgan fingerprint density at radius 1 is 0.690 bits per heavy atom. The first kappa shape index (κ1) is 19.3. The van der Waals surface area contributed by atoms with Gasteiger partial charge in [-0.05, 0) is 45.3 Å². The maximum atomic E-state index is 5.96. The molecule has 0 fully saturated rings. The average molecular weight is 439 g/mol. The van der Waals surface area contributed by atoms with E-state index in [4.69, 9.17) is 4.74 Å². The first-order valence-electron chi connectivity index (χ1n) is 9.46. The number of fused-ring (bicyclic) bond motifs is 2. The highest BCUT2D eigenvalue weighted by molar-refractivity contribution is 9.09. The summed E-state index contributed by atoms with van der Waals surface area (Å²) in [7, 11) is 0. The fourth-order valence-corrected chi connectivity index (χ4v) is 3.57. The van der Waals surface area contributed by atoms with Crippen molar-refractivity contribution in [2.24, 2.45) is 0 Å². The molecule has 0 saturated carbocycles. The third-order valence-corrected chi connectivity index (χ3v) is 5.02. The number of benzene rings is 4. The van der Waals surface area contributed by atoms with E-state index in [2.05, 4.69) is 94.2 Å². The van der Waals surface area contributed by atoms with Gasteiger partial charge in [0.15, 0.2) is 0 Å². The smallest absolute Gasteiger partial charge is 0.108 e. The number of rotatable bonds is 3. The monoisotopic (exact) mass is 438 g/mol. The van der Waals surface area contributed by atoms with E-state index in [1.54, 1.807) is 0 Å². The van der Waals surface area contributed by atoms with Crippen molar-refractivity contribution in [1.82, 2.24) is 0 Å². The molecule has 4 aromatic rings. The summed E-state index contributed by atoms with van der Waals surface area (Å²) in [6.07, 6.45) is 0. The lowest BCUT2D eigenvalue weighted by Gasteiger charge is -2.11. The Morgan fingerprint density at radius 2 is 1.24 bits per heavy atom. The number of ether oxygens (including phenoxy) is 1. The number of hydrogen-bond donors (Lipinski definition) is 0. The summed E-state index contributed by atoms with van der Waals surface area (Å²) in [5.74, 6) is 12.5. The maximum Gasteiger partial charge on any atom is 0.108 e. The van der Waals surface area contributed by atoms with E-state index in [0.717, 1.165) is 11.1 Å². The summed E-state index contributed by atoms with van der Waals surface area (Å²) >= 11 is 3.33. The fourth-order valence-electron chi connectivity index (χ4n) is 3.43. The zero-order chi connectivity index (χ0) is 19.9. The van der Waals surface area contributed by atoms with Gasteiger partial charge in [-0.3, -0.25) is 0 Å². The predicted octanol–water partition coefficient (Wildman–Crippen LogP) is 6.31. The fraction of sp³-hybridized carbons (Fsp3) is 0.111. The van der Waals surface area contributed by atoms with Gasteiger partial charge >= 0.3 is 0 Å². The Bertz CT molecular complexity index is 1230. The van der Waals surface area contributed by atoms with Crippen molar-refractivity contribution in [3.8, 4) is 23.7 Å². The van der Waals surface area contributed by atoms with E-state index < -0.39 is 0 Å². The second kappa shape index (κ2) is 9.44. The number of hydrogen-bond acceptors (Lipinski definition) is 1. The summed E-state index contributed by atoms with van der Waals surface area (Å²) in [5.41, 5.74) is 3.09. The molecule has 2 heteroatoms. The first-order chi connectivity index (χ1) is 14.4. The molecule has 0 aromatic heterocycles. The first-order valence-corrected chi connectivity index (χ1v) is 10.6. The van der Waals surface area contributed by atoms with Gasteiger partial charge in [-0.2, -0.15) is 0 Å². The Labute approximate surface area is 179 Å². The van der Waals surface area contributed by atoms with Gasteiger partial charge in [0.25, 0.3) is 0 Å². The van der Waals surface area contributed by atoms with E-state index in [0.29, 0.717) is 18.5 Å². The average Bonchev–Trinajstić information content (AvgIpc) is 2.77. The van der Waals surface area contributed by atoms with Crippen molar-refractivity contribution in [1.29, 1.82) is 0 Å². The molecule has 0 aliphatic heterocycles. The molecule has 140 valence electrons. The molecule has 4 aromatic carbocycles. The maximum absolute atomic E-state index is 5.96. The molecule has 0 spiro atoms. The molecule has 0 unspecified atom stereocenters. The van der Waals surface area contributed by atoms with E-state index in [-0.39, 0.29) is 0 Å². The zero-order valence-electron chi connectivity index (χ0n) is 15.9. The Hall–Kier alpha value is -3.04. The van der Waals surface area contributed by atoms with Crippen molar-refractivity contribution < 1.29 is 4.74 Å². The standard InChI is InChI=1S/C27H19BrO/c28-17-7-13-21-9-1-2-10-22(21)14-8-18-29-20-27-25-15-5-3-11-23(25)19-24-12-4-6-16-26(24)27/h1-6,9-12,15-16,19H,17-18,20H2. The van der Waals surface area contributed by atoms with Gasteiger partial charge in [0.1, 0.15) is 6.61 Å². The van der Waals surface area contributed by atoms with Crippen LogP contribution in [-0.2, 0) is 11.3 Å². The molecule has 0 N–H and O–H groups in total. The van der Waals surface area contributed by atoms with Crippen LogP contribution in [0.15, 0.2) is 78.9 Å². The summed E-state index contributed by atoms with van der Waals surface area (Å²) in [6.45, 7) is 0.902. The quantitative estimate of drug-likeness (QED) is 0.157. The van der Waals surface area contributed by atoms with Gasteiger partial charge in [-0.1, -0.05) is 100 Å². The van der Waals surface area contributed by atoms with E-state index >= 15 is 0 Å². The van der Waals surface area contributed by atoms with Gasteiger partial charge < -0.3 is 4.74 Å². The largest absolute Gasteiger partial charge is 0.364 e. The minimum absolute atomic E-state index is 0.373. The van der Waals surface area contributed by atoms with Crippen LogP contribution in [0.2, 0.25) is 0 Å². The van der Waals surface area contributed by atoms with Gasteiger partial charge in [-0.25, -0.2) is 0 Å². The molecule has 0 heterocycles. The molecule has 0 aliphatic carbocycles. The van der Waals surface area contributed by atoms with E-state index in [1.807, 2.05) is 24.3 Å². The van der Waals surface area contributed by atoms with Crippen molar-refractivity contribution in [2.45, 2.75) is 6.61 Å². The minimum atomic E-state index is 0.373. The third kappa shape index (κ3) is 4.52. The lowest BCUT2D eigenvalue weighted by Crippen LogP contribution is -1.96. The van der Waals surface area contributed by atoms with Crippen molar-refractivity contribution in [3.05, 3.63) is 95.6 Å². The molecule has 4 rings (SSSR count). The van der Waals surface area contributed by atoms with Crippen LogP contribution in [0.4, 0.5) is 0 Å². The minimum Gasteiger partial charge on any atom is -0.364 e. The van der Waals surface area contributed by atoms with Crippen LogP contribution in [0.25, 0.3) is 21.5 Å². The molecule has 0 aliphatic rings. The lowest BCUT2D eigenvalue weighted by molar-refractivity contribution is 0.155. The lowest BCUT2D eigenvalue weighted by atomic mass is 9.97. The van der Waals surface area contributed by atoms with Crippen molar-refractivity contribution in [3.63, 3.8) is 0 Å². The van der Waals surface area contributed by atoms with Crippen LogP contribution in [0.1, 0.15) is 16.7 Å². The van der Waals surface area contributed by atoms with Gasteiger partial charge in [0, 0.05) is 11.1 Å². The molecule has 0 radical (unpaired) electrons. The second-order valence-electron chi connectivity index (χ2n) is 6.57. The molecule has 0 atom stereocenters. The molecule has 29 heavy (non-hydrogen) atoms. The van der Waals surface area contributed by atoms with Crippen LogP contribution in [0, 0.1) is 23.7 Å². The zero-order valence-corrected chi connectivity index (χ0v) is 17.5. The topological polar surface area (TPSA) is 9.23 Å². The van der Waals surface area contributed by atoms with Crippen LogP contribution in [-0.4, -0.2) is 11.9 Å². The summed E-state index contributed by atoms with van der Waals surface area (Å²) in [5, 5.41) is 5.58. The summed E-state index contributed by atoms with van der Waals surface area (Å²) in [4.78, 5) is 0. The molecular formula is C27H19BrO. The van der Waals surface area contributed by atoms with Crippen molar-refractivity contribution >= 4 is 37.5 Å². The van der Waals surface area contributed by atoms with Gasteiger partial charge in [0.2, 0.25) is 0 Å². The normalized spacial score (nSPS) is 10.2. The molecular weight excluding hydrogens is 420 g/mol. The highest BCUT2D eigenvalue weighted by atomic mass is 79.9.